The highest BCUT2D eigenvalue weighted by Crippen LogP contribution is 2.32. The summed E-state index contributed by atoms with van der Waals surface area (Å²) in [6, 6.07) is 18.0. The molecule has 0 bridgehead atoms. The lowest BCUT2D eigenvalue weighted by Crippen LogP contribution is -2.39. The van der Waals surface area contributed by atoms with E-state index in [1.807, 2.05) is 0 Å². The molecule has 0 heterocycles. The number of carbonyl (C=O) groups excluding carboxylic acids is 1. The number of nitrogens with one attached hydrogen (secondary N) is 1. The molecule has 182 valence electrons. The molecule has 0 atom stereocenters. The Balaban J connectivity index is 1.85. The summed E-state index contributed by atoms with van der Waals surface area (Å²) in [6.07, 6.45) is 1.31. The third-order valence-corrected chi connectivity index (χ3v) is 6.62. The molecule has 0 spiro atoms. The molecule has 0 saturated carbocycles. The van der Waals surface area contributed by atoms with Crippen LogP contribution in [0.25, 0.3) is 0 Å². The first-order chi connectivity index (χ1) is 16.8. The lowest BCUT2D eigenvalue weighted by atomic mass is 10.1. The highest BCUT2D eigenvalue weighted by molar-refractivity contribution is 7.92. The number of hydrogen-bond acceptors (Lipinski definition) is 7. The molecule has 3 rings (SSSR count). The average Bonchev–Trinajstić information content (AvgIpc) is 2.87. The monoisotopic (exact) mass is 497 g/mol. The molecular weight excluding hydrogens is 474 g/mol. The van der Waals surface area contributed by atoms with E-state index in [2.05, 4.69) is 10.5 Å². The topological polar surface area (TPSA) is 135 Å². The van der Waals surface area contributed by atoms with Gasteiger partial charge in [0.15, 0.2) is 0 Å². The minimum absolute atomic E-state index is 0.0426. The maximum absolute atomic E-state index is 13.5. The fourth-order valence-corrected chi connectivity index (χ4v) is 4.50. The first kappa shape index (κ1) is 25.2. The van der Waals surface area contributed by atoms with E-state index in [-0.39, 0.29) is 21.9 Å². The van der Waals surface area contributed by atoms with Gasteiger partial charge in [-0.2, -0.15) is 5.10 Å². The third-order valence-electron chi connectivity index (χ3n) is 4.85. The fraction of sp³-hybridized carbons (Fsp3) is 0.125. The Kier molecular flexibility index (Phi) is 8.05. The lowest BCUT2D eigenvalue weighted by molar-refractivity contribution is -0.119. The molecule has 1 amide bonds. The van der Waals surface area contributed by atoms with Crippen molar-refractivity contribution >= 4 is 33.8 Å². The van der Waals surface area contributed by atoms with Crippen LogP contribution in [0.4, 0.5) is 5.69 Å². The van der Waals surface area contributed by atoms with Gasteiger partial charge in [-0.1, -0.05) is 24.3 Å². The second-order valence-electron chi connectivity index (χ2n) is 7.08. The zero-order chi connectivity index (χ0) is 25.4. The van der Waals surface area contributed by atoms with Crippen molar-refractivity contribution in [2.24, 2.45) is 5.10 Å². The lowest BCUT2D eigenvalue weighted by Gasteiger charge is -2.25. The van der Waals surface area contributed by atoms with Crippen molar-refractivity contribution < 1.29 is 32.6 Å². The van der Waals surface area contributed by atoms with E-state index in [0.717, 1.165) is 4.31 Å². The van der Waals surface area contributed by atoms with Crippen LogP contribution in [0.15, 0.2) is 82.8 Å². The number of hydrogen-bond donors (Lipinski definition) is 2. The molecule has 3 aromatic rings. The van der Waals surface area contributed by atoms with E-state index < -0.39 is 28.4 Å². The van der Waals surface area contributed by atoms with Gasteiger partial charge >= 0.3 is 5.97 Å². The molecule has 0 unspecified atom stereocenters. The first-order valence-electron chi connectivity index (χ1n) is 10.2. The zero-order valence-corrected chi connectivity index (χ0v) is 19.7. The fourth-order valence-electron chi connectivity index (χ4n) is 3.07. The van der Waals surface area contributed by atoms with Crippen molar-refractivity contribution in [3.05, 3.63) is 83.9 Å². The van der Waals surface area contributed by atoms with Gasteiger partial charge in [0, 0.05) is 0 Å². The number of benzene rings is 3. The Morgan fingerprint density at radius 2 is 1.63 bits per heavy atom. The molecule has 0 fully saturated rings. The number of amides is 1. The molecule has 10 nitrogen and oxygen atoms in total. The van der Waals surface area contributed by atoms with Crippen LogP contribution in [0.3, 0.4) is 0 Å². The number of ether oxygens (including phenoxy) is 2. The van der Waals surface area contributed by atoms with Crippen molar-refractivity contribution in [1.82, 2.24) is 5.43 Å². The predicted molar refractivity (Wildman–Crippen MR) is 130 cm³/mol. The summed E-state index contributed by atoms with van der Waals surface area (Å²) >= 11 is 0. The molecule has 0 saturated heterocycles. The van der Waals surface area contributed by atoms with Crippen LogP contribution in [0, 0.1) is 0 Å². The maximum atomic E-state index is 13.5. The molecule has 35 heavy (non-hydrogen) atoms. The highest BCUT2D eigenvalue weighted by Gasteiger charge is 2.29. The number of sulfonamides is 1. The summed E-state index contributed by atoms with van der Waals surface area (Å²) in [5.74, 6) is -1.02. The maximum Gasteiger partial charge on any atom is 0.335 e. The number of methoxy groups -OCH3 is 2. The van der Waals surface area contributed by atoms with E-state index in [0.29, 0.717) is 11.3 Å². The summed E-state index contributed by atoms with van der Waals surface area (Å²) in [6.45, 7) is -0.579. The summed E-state index contributed by atoms with van der Waals surface area (Å²) in [4.78, 5) is 23.6. The molecular formula is C24H23N3O7S. The van der Waals surface area contributed by atoms with Crippen molar-refractivity contribution in [3.63, 3.8) is 0 Å². The molecule has 11 heteroatoms. The predicted octanol–water partition coefficient (Wildman–Crippen LogP) is 2.75. The summed E-state index contributed by atoms with van der Waals surface area (Å²) in [5.41, 5.74) is 3.13. The van der Waals surface area contributed by atoms with Crippen molar-refractivity contribution in [3.8, 4) is 11.5 Å². The van der Waals surface area contributed by atoms with Gasteiger partial charge < -0.3 is 14.6 Å². The van der Waals surface area contributed by atoms with Gasteiger partial charge in [-0.05, 0) is 54.1 Å². The summed E-state index contributed by atoms with van der Waals surface area (Å²) in [7, 11) is -1.30. The Labute approximate surface area is 202 Å². The van der Waals surface area contributed by atoms with E-state index in [1.165, 1.54) is 75.0 Å². The number of nitrogens with zero attached hydrogens (tertiary/aromatic N) is 2. The van der Waals surface area contributed by atoms with Crippen LogP contribution in [0.2, 0.25) is 0 Å². The highest BCUT2D eigenvalue weighted by atomic mass is 32.2. The summed E-state index contributed by atoms with van der Waals surface area (Å²) < 4.78 is 38.3. The summed E-state index contributed by atoms with van der Waals surface area (Å²) in [5, 5.41) is 12.8. The second-order valence-corrected chi connectivity index (χ2v) is 8.94. The van der Waals surface area contributed by atoms with Crippen LogP contribution in [0.5, 0.6) is 11.5 Å². The molecule has 3 aromatic carbocycles. The average molecular weight is 498 g/mol. The van der Waals surface area contributed by atoms with Crippen molar-refractivity contribution in [2.75, 3.05) is 25.1 Å². The van der Waals surface area contributed by atoms with Crippen molar-refractivity contribution in [2.45, 2.75) is 4.90 Å². The molecule has 0 aromatic heterocycles. The van der Waals surface area contributed by atoms with Gasteiger partial charge in [0.05, 0.1) is 36.6 Å². The molecule has 0 aliphatic rings. The molecule has 0 radical (unpaired) electrons. The quantitative estimate of drug-likeness (QED) is 0.325. The van der Waals surface area contributed by atoms with Gasteiger partial charge in [-0.3, -0.25) is 9.10 Å². The number of carbonyl (C=O) groups is 2. The molecule has 2 N–H and O–H groups in total. The third kappa shape index (κ3) is 6.15. The van der Waals surface area contributed by atoms with Gasteiger partial charge in [0.1, 0.15) is 18.0 Å². The number of aromatic carboxylic acids is 1. The Hall–Kier alpha value is -4.38. The van der Waals surface area contributed by atoms with Crippen LogP contribution < -0.4 is 19.2 Å². The van der Waals surface area contributed by atoms with Crippen LogP contribution in [0.1, 0.15) is 15.9 Å². The van der Waals surface area contributed by atoms with Crippen molar-refractivity contribution in [1.29, 1.82) is 0 Å². The van der Waals surface area contributed by atoms with Gasteiger partial charge in [0.25, 0.3) is 15.9 Å². The van der Waals surface area contributed by atoms with Gasteiger partial charge in [-0.15, -0.1) is 0 Å². The Morgan fingerprint density at radius 3 is 2.23 bits per heavy atom. The number of anilines is 1. The van der Waals surface area contributed by atoms with Crippen LogP contribution in [-0.4, -0.2) is 52.4 Å². The molecule has 0 aliphatic carbocycles. The van der Waals surface area contributed by atoms with Gasteiger partial charge in [0.2, 0.25) is 0 Å². The van der Waals surface area contributed by atoms with E-state index >= 15 is 0 Å². The van der Waals surface area contributed by atoms with Gasteiger partial charge in [-0.25, -0.2) is 18.6 Å². The number of carboxylic acids is 1. The minimum Gasteiger partial charge on any atom is -0.497 e. The number of para-hydroxylation sites is 2. The number of carboxylic acid groups (broad SMARTS) is 1. The largest absolute Gasteiger partial charge is 0.497 e. The normalized spacial score (nSPS) is 11.1. The van der Waals surface area contributed by atoms with Crippen LogP contribution in [-0.2, 0) is 14.8 Å². The second kappa shape index (κ2) is 11.2. The van der Waals surface area contributed by atoms with E-state index in [1.54, 1.807) is 18.2 Å². The minimum atomic E-state index is -4.17. The standard InChI is InChI=1S/C24H23N3O7S/c1-33-19-11-13-20(14-12-19)35(31,32)27(21-5-3-4-6-22(21)34-2)16-23(28)26-25-15-17-7-9-18(10-8-17)24(29)30/h3-15H,16H2,1-2H3,(H,26,28)(H,29,30)/b25-15-. The number of rotatable bonds is 10. The molecule has 0 aliphatic heterocycles. The van der Waals surface area contributed by atoms with E-state index in [4.69, 9.17) is 14.6 Å². The zero-order valence-electron chi connectivity index (χ0n) is 18.9. The Bertz CT molecular complexity index is 1320. The van der Waals surface area contributed by atoms with Crippen LogP contribution >= 0.6 is 0 Å². The van der Waals surface area contributed by atoms with E-state index in [9.17, 15) is 18.0 Å². The SMILES string of the molecule is COc1ccc(S(=O)(=O)N(CC(=O)N/N=C\c2ccc(C(=O)O)cc2)c2ccccc2OC)cc1. The number of hydrazone groups is 1. The Morgan fingerprint density at radius 1 is 0.971 bits per heavy atom. The first-order valence-corrected chi connectivity index (χ1v) is 11.7. The smallest absolute Gasteiger partial charge is 0.335 e.